The number of benzene rings is 1. The molecule has 2 aliphatic rings. The highest BCUT2D eigenvalue weighted by Gasteiger charge is 2.42. The second-order valence-electron chi connectivity index (χ2n) is 6.67. The fourth-order valence-corrected chi connectivity index (χ4v) is 3.31. The Hall–Kier alpha value is -2.16. The molecule has 2 heterocycles. The van der Waals surface area contributed by atoms with Gasteiger partial charge in [0.25, 0.3) is 0 Å². The van der Waals surface area contributed by atoms with Gasteiger partial charge in [-0.15, -0.1) is 0 Å². The van der Waals surface area contributed by atoms with Crippen LogP contribution in [0.15, 0.2) is 18.2 Å². The van der Waals surface area contributed by atoms with Crippen LogP contribution in [0.2, 0.25) is 0 Å². The van der Waals surface area contributed by atoms with Crippen LogP contribution < -0.4 is 14.8 Å². The van der Waals surface area contributed by atoms with E-state index in [0.717, 1.165) is 12.8 Å². The number of amides is 2. The first-order chi connectivity index (χ1) is 12.3. The first-order valence-electron chi connectivity index (χ1n) is 8.32. The predicted molar refractivity (Wildman–Crippen MR) is 87.6 cm³/mol. The third-order valence-corrected chi connectivity index (χ3v) is 4.72. The number of hydrogen-bond donors (Lipinski definition) is 1. The average molecular weight is 374 g/mol. The van der Waals surface area contributed by atoms with Crippen molar-refractivity contribution in [2.45, 2.75) is 19.0 Å². The molecule has 144 valence electrons. The molecule has 2 saturated heterocycles. The van der Waals surface area contributed by atoms with Gasteiger partial charge in [-0.3, -0.25) is 0 Å². The van der Waals surface area contributed by atoms with Gasteiger partial charge in [0.15, 0.2) is 18.1 Å². The van der Waals surface area contributed by atoms with Gasteiger partial charge in [0.2, 0.25) is 0 Å². The zero-order valence-electron chi connectivity index (χ0n) is 14.4. The van der Waals surface area contributed by atoms with Crippen LogP contribution in [0.5, 0.6) is 11.5 Å². The molecule has 9 heteroatoms. The highest BCUT2D eigenvalue weighted by atomic mass is 19.4. The van der Waals surface area contributed by atoms with Crippen molar-refractivity contribution in [2.75, 3.05) is 45.3 Å². The van der Waals surface area contributed by atoms with Gasteiger partial charge in [-0.25, -0.2) is 4.79 Å². The molecule has 0 aromatic heterocycles. The minimum atomic E-state index is -4.46. The lowest BCUT2D eigenvalue weighted by Crippen LogP contribution is -2.35. The SMILES string of the molecule is COc1ccc(NC(=O)N2CC[C@@]3(CCOC3)C2)cc1OCC(F)(F)F. The van der Waals surface area contributed by atoms with Gasteiger partial charge in [-0.2, -0.15) is 13.2 Å². The molecule has 1 atom stereocenters. The summed E-state index contributed by atoms with van der Waals surface area (Å²) < 4.78 is 52.4. The number of alkyl halides is 3. The summed E-state index contributed by atoms with van der Waals surface area (Å²) in [6.07, 6.45) is -2.63. The molecule has 0 saturated carbocycles. The van der Waals surface area contributed by atoms with Crippen molar-refractivity contribution < 1.29 is 32.2 Å². The molecular weight excluding hydrogens is 353 g/mol. The first-order valence-corrected chi connectivity index (χ1v) is 8.32. The number of carbonyl (C=O) groups excluding carboxylic acids is 1. The summed E-state index contributed by atoms with van der Waals surface area (Å²) in [5.41, 5.74) is 0.384. The number of likely N-dealkylation sites (tertiary alicyclic amines) is 1. The van der Waals surface area contributed by atoms with Gasteiger partial charge in [0, 0.05) is 36.9 Å². The fraction of sp³-hybridized carbons (Fsp3) is 0.588. The molecule has 1 N–H and O–H groups in total. The largest absolute Gasteiger partial charge is 0.493 e. The molecule has 1 spiro atoms. The molecule has 0 unspecified atom stereocenters. The number of anilines is 1. The number of methoxy groups -OCH3 is 1. The van der Waals surface area contributed by atoms with Crippen LogP contribution >= 0.6 is 0 Å². The first kappa shape index (κ1) is 18.6. The van der Waals surface area contributed by atoms with E-state index in [1.807, 2.05) is 0 Å². The van der Waals surface area contributed by atoms with E-state index >= 15 is 0 Å². The monoisotopic (exact) mass is 374 g/mol. The summed E-state index contributed by atoms with van der Waals surface area (Å²) >= 11 is 0. The standard InChI is InChI=1S/C17H21F3N2O4/c1-24-13-3-2-12(8-14(13)26-11-17(18,19)20)21-15(23)22-6-4-16(9-22)5-7-25-10-16/h2-3,8H,4-7,9-11H2,1H3,(H,21,23)/t16-/m1/s1. The van der Waals surface area contributed by atoms with Crippen molar-refractivity contribution in [3.05, 3.63) is 18.2 Å². The number of hydrogen-bond acceptors (Lipinski definition) is 4. The lowest BCUT2D eigenvalue weighted by Gasteiger charge is -2.22. The van der Waals surface area contributed by atoms with E-state index in [9.17, 15) is 18.0 Å². The van der Waals surface area contributed by atoms with E-state index in [2.05, 4.69) is 5.32 Å². The van der Waals surface area contributed by atoms with Crippen molar-refractivity contribution in [2.24, 2.45) is 5.41 Å². The maximum Gasteiger partial charge on any atom is 0.422 e. The summed E-state index contributed by atoms with van der Waals surface area (Å²) in [7, 11) is 1.33. The summed E-state index contributed by atoms with van der Waals surface area (Å²) in [4.78, 5) is 14.2. The van der Waals surface area contributed by atoms with Gasteiger partial charge in [0.05, 0.1) is 13.7 Å². The Balaban J connectivity index is 1.64. The van der Waals surface area contributed by atoms with Crippen molar-refractivity contribution in [1.29, 1.82) is 0 Å². The molecule has 2 amide bonds. The molecule has 0 bridgehead atoms. The molecule has 1 aromatic rings. The van der Waals surface area contributed by atoms with Crippen LogP contribution in [0.3, 0.4) is 0 Å². The minimum absolute atomic E-state index is 0.0399. The number of urea groups is 1. The second kappa shape index (κ2) is 7.22. The van der Waals surface area contributed by atoms with Crippen LogP contribution in [-0.4, -0.2) is 57.1 Å². The number of halogens is 3. The number of rotatable bonds is 4. The fourth-order valence-electron chi connectivity index (χ4n) is 3.31. The molecule has 0 aliphatic carbocycles. The normalized spacial score (nSPS) is 22.7. The third kappa shape index (κ3) is 4.32. The van der Waals surface area contributed by atoms with Crippen molar-refractivity contribution >= 4 is 11.7 Å². The van der Waals surface area contributed by atoms with E-state index < -0.39 is 12.8 Å². The average Bonchev–Trinajstić information content (AvgIpc) is 3.23. The van der Waals surface area contributed by atoms with Crippen molar-refractivity contribution in [3.8, 4) is 11.5 Å². The molecule has 6 nitrogen and oxygen atoms in total. The van der Waals surface area contributed by atoms with Crippen molar-refractivity contribution in [1.82, 2.24) is 4.90 Å². The van der Waals surface area contributed by atoms with Crippen LogP contribution in [-0.2, 0) is 4.74 Å². The smallest absolute Gasteiger partial charge is 0.422 e. The molecule has 26 heavy (non-hydrogen) atoms. The summed E-state index contributed by atoms with van der Waals surface area (Å²) in [5.74, 6) is 0.0835. The highest BCUT2D eigenvalue weighted by molar-refractivity contribution is 5.90. The molecular formula is C17H21F3N2O4. The Labute approximate surface area is 149 Å². The van der Waals surface area contributed by atoms with E-state index in [1.54, 1.807) is 11.0 Å². The number of nitrogens with zero attached hydrogens (tertiary/aromatic N) is 1. The van der Waals surface area contributed by atoms with Gasteiger partial charge >= 0.3 is 12.2 Å². The van der Waals surface area contributed by atoms with E-state index in [4.69, 9.17) is 14.2 Å². The Kier molecular flexibility index (Phi) is 5.17. The minimum Gasteiger partial charge on any atom is -0.493 e. The lowest BCUT2D eigenvalue weighted by atomic mass is 9.87. The molecule has 3 rings (SSSR count). The molecule has 2 aliphatic heterocycles. The predicted octanol–water partition coefficient (Wildman–Crippen LogP) is 3.28. The Bertz CT molecular complexity index is 660. The lowest BCUT2D eigenvalue weighted by molar-refractivity contribution is -0.153. The second-order valence-corrected chi connectivity index (χ2v) is 6.67. The summed E-state index contributed by atoms with van der Waals surface area (Å²) in [6, 6.07) is 4.05. The van der Waals surface area contributed by atoms with Crippen LogP contribution in [0.1, 0.15) is 12.8 Å². The topological polar surface area (TPSA) is 60.0 Å². The number of nitrogens with one attached hydrogen (secondary N) is 1. The van der Waals surface area contributed by atoms with Crippen LogP contribution in [0.4, 0.5) is 23.7 Å². The molecule has 0 radical (unpaired) electrons. The van der Waals surface area contributed by atoms with Crippen LogP contribution in [0, 0.1) is 5.41 Å². The van der Waals surface area contributed by atoms with Crippen molar-refractivity contribution in [3.63, 3.8) is 0 Å². The summed E-state index contributed by atoms with van der Waals surface area (Å²) in [5, 5.41) is 2.71. The maximum atomic E-state index is 12.5. The highest BCUT2D eigenvalue weighted by Crippen LogP contribution is 2.38. The third-order valence-electron chi connectivity index (χ3n) is 4.72. The van der Waals surface area contributed by atoms with Crippen LogP contribution in [0.25, 0.3) is 0 Å². The Morgan fingerprint density at radius 1 is 1.35 bits per heavy atom. The maximum absolute atomic E-state index is 12.5. The Morgan fingerprint density at radius 3 is 2.81 bits per heavy atom. The zero-order valence-corrected chi connectivity index (χ0v) is 14.4. The summed E-state index contributed by atoms with van der Waals surface area (Å²) in [6.45, 7) is 1.19. The number of ether oxygens (including phenoxy) is 3. The zero-order chi connectivity index (χ0) is 18.8. The van der Waals surface area contributed by atoms with E-state index in [1.165, 1.54) is 19.2 Å². The van der Waals surface area contributed by atoms with Gasteiger partial charge in [-0.05, 0) is 25.0 Å². The quantitative estimate of drug-likeness (QED) is 0.879. The molecule has 1 aromatic carbocycles. The van der Waals surface area contributed by atoms with Gasteiger partial charge in [-0.1, -0.05) is 0 Å². The molecule has 2 fully saturated rings. The van der Waals surface area contributed by atoms with E-state index in [0.29, 0.717) is 32.0 Å². The van der Waals surface area contributed by atoms with Gasteiger partial charge < -0.3 is 24.4 Å². The number of carbonyl (C=O) groups is 1. The Morgan fingerprint density at radius 2 is 2.15 bits per heavy atom. The van der Waals surface area contributed by atoms with Gasteiger partial charge in [0.1, 0.15) is 0 Å². The van der Waals surface area contributed by atoms with E-state index in [-0.39, 0.29) is 22.9 Å².